The second kappa shape index (κ2) is 13.6. The van der Waals surface area contributed by atoms with Crippen molar-refractivity contribution in [1.29, 1.82) is 0 Å². The van der Waals surface area contributed by atoms with Crippen LogP contribution in [0.4, 0.5) is 10.2 Å². The van der Waals surface area contributed by atoms with Gasteiger partial charge in [0.05, 0.1) is 55.1 Å². The van der Waals surface area contributed by atoms with Crippen LogP contribution in [0.25, 0.3) is 4.91 Å². The molecule has 1 fully saturated rings. The molecule has 9 nitrogen and oxygen atoms in total. The van der Waals surface area contributed by atoms with Crippen LogP contribution in [-0.4, -0.2) is 66.8 Å². The first-order valence-corrected chi connectivity index (χ1v) is 11.4. The summed E-state index contributed by atoms with van der Waals surface area (Å²) in [5.41, 5.74) is 3.55. The zero-order valence-electron chi connectivity index (χ0n) is 18.3. The molecule has 176 valence electrons. The molecular weight excluding hydrogens is 447 g/mol. The van der Waals surface area contributed by atoms with Gasteiger partial charge in [0.1, 0.15) is 5.69 Å². The Balaban J connectivity index is 1.83. The normalized spacial score (nSPS) is 16.0. The maximum absolute atomic E-state index is 13.1. The van der Waals surface area contributed by atoms with Crippen molar-refractivity contribution in [3.8, 4) is 5.88 Å². The van der Waals surface area contributed by atoms with Gasteiger partial charge >= 0.3 is 0 Å². The first kappa shape index (κ1) is 24.8. The molecule has 2 heterocycles. The van der Waals surface area contributed by atoms with Crippen LogP contribution in [0.15, 0.2) is 47.9 Å². The fourth-order valence-electron chi connectivity index (χ4n) is 3.18. The van der Waals surface area contributed by atoms with E-state index in [9.17, 15) is 9.28 Å². The highest BCUT2D eigenvalue weighted by Crippen LogP contribution is 2.29. The van der Waals surface area contributed by atoms with E-state index < -0.39 is 0 Å². The number of hydrogen-bond acceptors (Lipinski definition) is 10. The van der Waals surface area contributed by atoms with E-state index >= 15 is 0 Å². The highest BCUT2D eigenvalue weighted by molar-refractivity contribution is 8.06. The van der Waals surface area contributed by atoms with Crippen molar-refractivity contribution in [1.82, 2.24) is 19.6 Å². The van der Waals surface area contributed by atoms with Crippen molar-refractivity contribution in [3.63, 3.8) is 0 Å². The maximum atomic E-state index is 13.1. The van der Waals surface area contributed by atoms with Crippen molar-refractivity contribution in [2.24, 2.45) is 4.99 Å². The fourth-order valence-corrected chi connectivity index (χ4v) is 3.97. The first-order valence-electron chi connectivity index (χ1n) is 10.5. The van der Waals surface area contributed by atoms with Crippen LogP contribution in [0.5, 0.6) is 5.88 Å². The molecule has 0 saturated carbocycles. The quantitative estimate of drug-likeness (QED) is 0.208. The van der Waals surface area contributed by atoms with E-state index in [0.717, 1.165) is 24.9 Å². The average molecular weight is 475 g/mol. The Hall–Kier alpha value is -2.86. The summed E-state index contributed by atoms with van der Waals surface area (Å²) in [6.07, 6.45) is 6.43. The lowest BCUT2D eigenvalue weighted by Crippen LogP contribution is -2.40. The smallest absolute Gasteiger partial charge is 0.232 e. The van der Waals surface area contributed by atoms with Crippen molar-refractivity contribution < 1.29 is 18.7 Å². The molecule has 0 bridgehead atoms. The van der Waals surface area contributed by atoms with Gasteiger partial charge in [-0.2, -0.15) is 0 Å². The Morgan fingerprint density at radius 2 is 2.24 bits per heavy atom. The standard InChI is InChI=1S/C22H27FN6O3S/c1-2-32-22-15-25-13-19(26-22)21(14-24-6-9-30)33-28-20(16-29-7-10-31-11-8-29)17-4-3-5-18(12-17)27-23/h3-6,9,12-15,20,27-28H,2,7-8,10-11,16H2,1H3/b21-14-,24-6?. The summed E-state index contributed by atoms with van der Waals surface area (Å²) in [5, 5.41) is 0. The van der Waals surface area contributed by atoms with Crippen LogP contribution in [0, 0.1) is 0 Å². The Labute approximate surface area is 196 Å². The van der Waals surface area contributed by atoms with Crippen molar-refractivity contribution in [2.75, 3.05) is 45.0 Å². The van der Waals surface area contributed by atoms with E-state index in [1.165, 1.54) is 24.3 Å². The third-order valence-electron chi connectivity index (χ3n) is 4.75. The lowest BCUT2D eigenvalue weighted by atomic mass is 10.1. The molecular formula is C22H27FN6O3S. The number of morpholine rings is 1. The molecule has 1 unspecified atom stereocenters. The SMILES string of the molecule is CCOc1cncc(/C(=C/N=CC=O)SNC(CN2CCOCC2)c2cccc(NF)c2)n1. The first-order chi connectivity index (χ1) is 16.2. The molecule has 2 N–H and O–H groups in total. The van der Waals surface area contributed by atoms with E-state index in [1.54, 1.807) is 29.9 Å². The van der Waals surface area contributed by atoms with Gasteiger partial charge in [0.15, 0.2) is 6.29 Å². The number of anilines is 1. The van der Waals surface area contributed by atoms with Gasteiger partial charge in [-0.05, 0) is 36.6 Å². The predicted molar refractivity (Wildman–Crippen MR) is 128 cm³/mol. The van der Waals surface area contributed by atoms with Gasteiger partial charge in [0.2, 0.25) is 5.88 Å². The van der Waals surface area contributed by atoms with E-state index in [2.05, 4.69) is 24.6 Å². The van der Waals surface area contributed by atoms with Gasteiger partial charge in [-0.25, -0.2) is 10.5 Å². The summed E-state index contributed by atoms with van der Waals surface area (Å²) in [6, 6.07) is 7.04. The van der Waals surface area contributed by atoms with Gasteiger partial charge in [-0.3, -0.25) is 24.4 Å². The minimum Gasteiger partial charge on any atom is -0.477 e. The maximum Gasteiger partial charge on any atom is 0.232 e. The Kier molecular flexibility index (Phi) is 10.2. The molecule has 0 spiro atoms. The minimum absolute atomic E-state index is 0.136. The fraction of sp³-hybridized carbons (Fsp3) is 0.364. The second-order valence-corrected chi connectivity index (χ2v) is 7.89. The van der Waals surface area contributed by atoms with Crippen molar-refractivity contribution in [2.45, 2.75) is 13.0 Å². The third-order valence-corrected chi connectivity index (χ3v) is 5.69. The number of hydrogen-bond donors (Lipinski definition) is 2. The van der Waals surface area contributed by atoms with Crippen molar-refractivity contribution in [3.05, 3.63) is 54.1 Å². The second-order valence-electron chi connectivity index (χ2n) is 7.01. The monoisotopic (exact) mass is 474 g/mol. The molecule has 0 amide bonds. The number of halogens is 1. The Morgan fingerprint density at radius 1 is 1.39 bits per heavy atom. The number of benzene rings is 1. The molecule has 2 aromatic rings. The predicted octanol–water partition coefficient (Wildman–Crippen LogP) is 3.05. The topological polar surface area (TPSA) is 101 Å². The van der Waals surface area contributed by atoms with Gasteiger partial charge in [-0.15, -0.1) is 4.48 Å². The van der Waals surface area contributed by atoms with E-state index in [-0.39, 0.29) is 6.04 Å². The molecule has 1 atom stereocenters. The van der Waals surface area contributed by atoms with Crippen LogP contribution >= 0.6 is 11.9 Å². The third kappa shape index (κ3) is 7.90. The number of rotatable bonds is 12. The highest BCUT2D eigenvalue weighted by Gasteiger charge is 2.20. The molecule has 0 radical (unpaired) electrons. The van der Waals surface area contributed by atoms with E-state index in [0.29, 0.717) is 54.8 Å². The number of aliphatic imine (C=N–C) groups is 1. The molecule has 1 aromatic heterocycles. The summed E-state index contributed by atoms with van der Waals surface area (Å²) in [7, 11) is 0. The number of aromatic nitrogens is 2. The Morgan fingerprint density at radius 3 is 3.00 bits per heavy atom. The van der Waals surface area contributed by atoms with Gasteiger partial charge in [0.25, 0.3) is 0 Å². The molecule has 1 aliphatic heterocycles. The molecule has 1 aromatic carbocycles. The molecule has 33 heavy (non-hydrogen) atoms. The van der Waals surface area contributed by atoms with Gasteiger partial charge in [-0.1, -0.05) is 12.1 Å². The summed E-state index contributed by atoms with van der Waals surface area (Å²) in [6.45, 7) is 6.02. The van der Waals surface area contributed by atoms with Crippen LogP contribution < -0.4 is 15.0 Å². The lowest BCUT2D eigenvalue weighted by Gasteiger charge is -2.31. The molecule has 11 heteroatoms. The van der Waals surface area contributed by atoms with Crippen LogP contribution in [0.2, 0.25) is 0 Å². The Bertz CT molecular complexity index is 955. The van der Waals surface area contributed by atoms with E-state index in [4.69, 9.17) is 9.47 Å². The summed E-state index contributed by atoms with van der Waals surface area (Å²) < 4.78 is 27.4. The summed E-state index contributed by atoms with van der Waals surface area (Å²) in [5.74, 6) is 0.396. The molecule has 1 aliphatic rings. The van der Waals surface area contributed by atoms with Gasteiger partial charge < -0.3 is 9.47 Å². The lowest BCUT2D eigenvalue weighted by molar-refractivity contribution is -0.102. The van der Waals surface area contributed by atoms with Gasteiger partial charge in [0, 0.05) is 25.8 Å². The van der Waals surface area contributed by atoms with E-state index in [1.807, 2.05) is 13.0 Å². The van der Waals surface area contributed by atoms with Crippen molar-refractivity contribution >= 4 is 35.0 Å². The molecule has 0 aliphatic carbocycles. The largest absolute Gasteiger partial charge is 0.477 e. The highest BCUT2D eigenvalue weighted by atomic mass is 32.2. The zero-order chi connectivity index (χ0) is 23.3. The van der Waals surface area contributed by atoms with Crippen LogP contribution in [0.1, 0.15) is 24.2 Å². The number of carbonyl (C=O) groups is 1. The number of nitrogens with zero attached hydrogens (tertiary/aromatic N) is 4. The van der Waals surface area contributed by atoms with Crippen LogP contribution in [-0.2, 0) is 9.53 Å². The summed E-state index contributed by atoms with van der Waals surface area (Å²) in [4.78, 5) is 26.3. The average Bonchev–Trinajstić information content (AvgIpc) is 2.86. The number of carbonyl (C=O) groups excluding carboxylic acids is 1. The number of ether oxygens (including phenoxy) is 2. The number of aldehydes is 1. The zero-order valence-corrected chi connectivity index (χ0v) is 19.1. The minimum atomic E-state index is -0.136. The molecule has 3 rings (SSSR count). The molecule has 1 saturated heterocycles. The summed E-state index contributed by atoms with van der Waals surface area (Å²) >= 11 is 1.31. The van der Waals surface area contributed by atoms with Crippen LogP contribution in [0.3, 0.4) is 0 Å². The number of nitrogens with one attached hydrogen (secondary N) is 2.